The SMILES string of the molecule is C=C.C=CC.CCOC(=O)C=C(C)NC1CC(C)(C)NC(C)(C)C1. The number of esters is 1. The maximum absolute atomic E-state index is 11.4. The van der Waals surface area contributed by atoms with Crippen LogP contribution in [0.15, 0.2) is 37.6 Å². The molecule has 0 aromatic carbocycles. The Morgan fingerprint density at radius 1 is 1.25 bits per heavy atom. The van der Waals surface area contributed by atoms with Crippen molar-refractivity contribution >= 4 is 5.97 Å². The minimum atomic E-state index is -0.278. The Morgan fingerprint density at radius 2 is 1.67 bits per heavy atom. The minimum absolute atomic E-state index is 0.101. The fraction of sp³-hybridized carbons (Fsp3) is 0.650. The number of piperidine rings is 1. The molecule has 0 atom stereocenters. The molecule has 1 saturated heterocycles. The van der Waals surface area contributed by atoms with Crippen LogP contribution in [-0.4, -0.2) is 29.7 Å². The Morgan fingerprint density at radius 3 is 2.04 bits per heavy atom. The molecule has 140 valence electrons. The molecule has 1 fully saturated rings. The summed E-state index contributed by atoms with van der Waals surface area (Å²) < 4.78 is 4.92. The zero-order chi connectivity index (χ0) is 19.4. The van der Waals surface area contributed by atoms with E-state index in [-0.39, 0.29) is 17.0 Å². The molecule has 0 radical (unpaired) electrons. The van der Waals surface area contributed by atoms with Gasteiger partial charge in [-0.2, -0.15) is 0 Å². The molecule has 0 saturated carbocycles. The Kier molecular flexibility index (Phi) is 12.3. The quantitative estimate of drug-likeness (QED) is 0.455. The van der Waals surface area contributed by atoms with Gasteiger partial charge in [-0.1, -0.05) is 6.08 Å². The van der Waals surface area contributed by atoms with Crippen LogP contribution in [-0.2, 0) is 9.53 Å². The van der Waals surface area contributed by atoms with Gasteiger partial charge in [0.2, 0.25) is 0 Å². The Bertz CT molecular complexity index is 396. The van der Waals surface area contributed by atoms with Crippen molar-refractivity contribution in [1.82, 2.24) is 10.6 Å². The molecule has 0 unspecified atom stereocenters. The van der Waals surface area contributed by atoms with Gasteiger partial charge in [-0.3, -0.25) is 0 Å². The summed E-state index contributed by atoms with van der Waals surface area (Å²) in [6, 6.07) is 0.372. The summed E-state index contributed by atoms with van der Waals surface area (Å²) in [6.45, 7) is 24.3. The van der Waals surface area contributed by atoms with Gasteiger partial charge in [-0.25, -0.2) is 4.79 Å². The fourth-order valence-corrected chi connectivity index (χ4v) is 3.15. The maximum Gasteiger partial charge on any atom is 0.332 e. The van der Waals surface area contributed by atoms with Gasteiger partial charge < -0.3 is 15.4 Å². The molecule has 0 bridgehead atoms. The van der Waals surface area contributed by atoms with Crippen molar-refractivity contribution in [3.8, 4) is 0 Å². The number of hydrogen-bond donors (Lipinski definition) is 2. The first kappa shape index (κ1) is 24.7. The molecule has 0 spiro atoms. The fourth-order valence-electron chi connectivity index (χ4n) is 3.15. The molecular weight excluding hydrogens is 300 g/mol. The second kappa shape index (κ2) is 11.9. The predicted octanol–water partition coefficient (Wildman–Crippen LogP) is 4.35. The average molecular weight is 339 g/mol. The Balaban J connectivity index is 0. The van der Waals surface area contributed by atoms with Crippen LogP contribution in [0.5, 0.6) is 0 Å². The highest BCUT2D eigenvalue weighted by molar-refractivity contribution is 5.82. The summed E-state index contributed by atoms with van der Waals surface area (Å²) in [6.07, 6.45) is 5.35. The zero-order valence-electron chi connectivity index (χ0n) is 16.8. The monoisotopic (exact) mass is 338 g/mol. The summed E-state index contributed by atoms with van der Waals surface area (Å²) in [5.74, 6) is -0.278. The third kappa shape index (κ3) is 11.9. The van der Waals surface area contributed by atoms with Gasteiger partial charge in [-0.15, -0.1) is 19.7 Å². The standard InChI is InChI=1S/C15H28N2O2.C3H6.C2H4/c1-7-19-13(18)8-11(2)16-12-9-14(3,4)17-15(5,6)10-12;1-3-2;1-2/h8,12,16-17H,7,9-10H2,1-6H3;3H,1H2,2H3;1-2H2. The lowest BCUT2D eigenvalue weighted by Gasteiger charge is -2.47. The molecule has 1 heterocycles. The molecule has 1 aliphatic heterocycles. The van der Waals surface area contributed by atoms with E-state index in [2.05, 4.69) is 58.1 Å². The van der Waals surface area contributed by atoms with Crippen molar-refractivity contribution in [1.29, 1.82) is 0 Å². The lowest BCUT2D eigenvalue weighted by molar-refractivity contribution is -0.137. The first-order valence-corrected chi connectivity index (χ1v) is 8.53. The van der Waals surface area contributed by atoms with E-state index < -0.39 is 0 Å². The van der Waals surface area contributed by atoms with Gasteiger partial charge in [0.25, 0.3) is 0 Å². The van der Waals surface area contributed by atoms with E-state index in [1.54, 1.807) is 6.08 Å². The summed E-state index contributed by atoms with van der Waals surface area (Å²) in [5, 5.41) is 7.08. The Labute approximate surface area is 149 Å². The van der Waals surface area contributed by atoms with Gasteiger partial charge in [0.05, 0.1) is 6.61 Å². The molecule has 1 aliphatic rings. The highest BCUT2D eigenvalue weighted by Gasteiger charge is 2.37. The minimum Gasteiger partial charge on any atom is -0.463 e. The first-order chi connectivity index (χ1) is 11.0. The van der Waals surface area contributed by atoms with Crippen LogP contribution in [0, 0.1) is 0 Å². The van der Waals surface area contributed by atoms with Gasteiger partial charge in [0.1, 0.15) is 0 Å². The number of carbonyl (C=O) groups excluding carboxylic acids is 1. The first-order valence-electron chi connectivity index (χ1n) is 8.53. The number of rotatable bonds is 4. The zero-order valence-corrected chi connectivity index (χ0v) is 16.8. The second-order valence-corrected chi connectivity index (χ2v) is 7.13. The van der Waals surface area contributed by atoms with Crippen LogP contribution >= 0.6 is 0 Å². The Hall–Kier alpha value is -1.55. The molecule has 0 aliphatic carbocycles. The average Bonchev–Trinajstić information content (AvgIpc) is 2.37. The number of hydrogen-bond acceptors (Lipinski definition) is 4. The van der Waals surface area contributed by atoms with E-state index >= 15 is 0 Å². The van der Waals surface area contributed by atoms with Gasteiger partial charge in [0, 0.05) is 28.9 Å². The number of carbonyl (C=O) groups is 1. The molecule has 4 nitrogen and oxygen atoms in total. The van der Waals surface area contributed by atoms with Gasteiger partial charge >= 0.3 is 5.97 Å². The van der Waals surface area contributed by atoms with Crippen LogP contribution in [0.1, 0.15) is 61.3 Å². The molecular formula is C20H38N2O2. The maximum atomic E-state index is 11.4. The predicted molar refractivity (Wildman–Crippen MR) is 105 cm³/mol. The van der Waals surface area contributed by atoms with Crippen LogP contribution < -0.4 is 10.6 Å². The molecule has 0 aromatic heterocycles. The largest absolute Gasteiger partial charge is 0.463 e. The summed E-state index contributed by atoms with van der Waals surface area (Å²) in [5.41, 5.74) is 1.07. The topological polar surface area (TPSA) is 50.4 Å². The van der Waals surface area contributed by atoms with Crippen molar-refractivity contribution in [2.45, 2.75) is 78.4 Å². The van der Waals surface area contributed by atoms with E-state index in [9.17, 15) is 4.79 Å². The molecule has 0 aromatic rings. The van der Waals surface area contributed by atoms with E-state index in [0.29, 0.717) is 12.6 Å². The molecule has 24 heavy (non-hydrogen) atoms. The van der Waals surface area contributed by atoms with Crippen molar-refractivity contribution in [2.24, 2.45) is 0 Å². The van der Waals surface area contributed by atoms with Crippen LogP contribution in [0.25, 0.3) is 0 Å². The van der Waals surface area contributed by atoms with Crippen molar-refractivity contribution < 1.29 is 9.53 Å². The second-order valence-electron chi connectivity index (χ2n) is 7.13. The molecule has 0 amide bonds. The van der Waals surface area contributed by atoms with Crippen molar-refractivity contribution in [3.63, 3.8) is 0 Å². The number of ether oxygens (including phenoxy) is 1. The smallest absolute Gasteiger partial charge is 0.332 e. The van der Waals surface area contributed by atoms with E-state index in [0.717, 1.165) is 18.5 Å². The van der Waals surface area contributed by atoms with Crippen LogP contribution in [0.4, 0.5) is 0 Å². The van der Waals surface area contributed by atoms with E-state index in [4.69, 9.17) is 4.74 Å². The normalized spacial score (nSPS) is 18.9. The third-order valence-electron chi connectivity index (χ3n) is 3.24. The van der Waals surface area contributed by atoms with Crippen LogP contribution in [0.3, 0.4) is 0 Å². The van der Waals surface area contributed by atoms with E-state index in [1.807, 2.05) is 20.8 Å². The summed E-state index contributed by atoms with van der Waals surface area (Å²) >= 11 is 0. The highest BCUT2D eigenvalue weighted by atomic mass is 16.5. The third-order valence-corrected chi connectivity index (χ3v) is 3.24. The van der Waals surface area contributed by atoms with Gasteiger partial charge in [0.15, 0.2) is 0 Å². The van der Waals surface area contributed by atoms with Crippen molar-refractivity contribution in [2.75, 3.05) is 6.61 Å². The highest BCUT2D eigenvalue weighted by Crippen LogP contribution is 2.28. The van der Waals surface area contributed by atoms with Crippen LogP contribution in [0.2, 0.25) is 0 Å². The summed E-state index contributed by atoms with van der Waals surface area (Å²) in [7, 11) is 0. The molecule has 1 rings (SSSR count). The number of allylic oxidation sites excluding steroid dienone is 2. The summed E-state index contributed by atoms with van der Waals surface area (Å²) in [4.78, 5) is 11.4. The lowest BCUT2D eigenvalue weighted by atomic mass is 9.79. The van der Waals surface area contributed by atoms with Crippen molar-refractivity contribution in [3.05, 3.63) is 37.6 Å². The molecule has 2 N–H and O–H groups in total. The molecule has 4 heteroatoms. The number of nitrogens with one attached hydrogen (secondary N) is 2. The van der Waals surface area contributed by atoms with Gasteiger partial charge in [-0.05, 0) is 61.3 Å². The lowest BCUT2D eigenvalue weighted by Crippen LogP contribution is -2.61. The van der Waals surface area contributed by atoms with E-state index in [1.165, 1.54) is 6.08 Å².